The lowest BCUT2D eigenvalue weighted by molar-refractivity contribution is -0.134. The Bertz CT molecular complexity index is 1210. The van der Waals surface area contributed by atoms with Crippen LogP contribution in [-0.2, 0) is 14.8 Å². The summed E-state index contributed by atoms with van der Waals surface area (Å²) in [5.74, 6) is -0.0710. The minimum absolute atomic E-state index is 0.0710. The van der Waals surface area contributed by atoms with Gasteiger partial charge in [-0.05, 0) is 49.3 Å². The third kappa shape index (κ3) is 3.72. The van der Waals surface area contributed by atoms with Crippen molar-refractivity contribution in [1.82, 2.24) is 14.2 Å². The van der Waals surface area contributed by atoms with Gasteiger partial charge in [-0.3, -0.25) is 4.79 Å². The fourth-order valence-electron chi connectivity index (χ4n) is 4.51. The Morgan fingerprint density at radius 2 is 1.81 bits per heavy atom. The molecule has 0 radical (unpaired) electrons. The van der Waals surface area contributed by atoms with Gasteiger partial charge in [0.2, 0.25) is 5.91 Å². The number of anilines is 1. The number of aromatic nitrogens is 1. The van der Waals surface area contributed by atoms with Crippen molar-refractivity contribution < 1.29 is 13.2 Å². The summed E-state index contributed by atoms with van der Waals surface area (Å²) in [6.45, 7) is 7.16. The Balaban J connectivity index is 1.29. The molecule has 2 fully saturated rings. The zero-order chi connectivity index (χ0) is 22.5. The molecule has 32 heavy (non-hydrogen) atoms. The van der Waals surface area contributed by atoms with Gasteiger partial charge in [-0.1, -0.05) is 29.5 Å². The third-order valence-electron chi connectivity index (χ3n) is 6.34. The molecule has 1 atom stereocenters. The Labute approximate surface area is 196 Å². The van der Waals surface area contributed by atoms with E-state index in [-0.39, 0.29) is 5.91 Å². The first kappa shape index (κ1) is 21.8. The molecule has 10 heteroatoms. The van der Waals surface area contributed by atoms with E-state index in [9.17, 15) is 13.2 Å². The molecular weight excluding hydrogens is 464 g/mol. The second-order valence-electron chi connectivity index (χ2n) is 8.39. The van der Waals surface area contributed by atoms with E-state index in [4.69, 9.17) is 4.98 Å². The molecule has 0 N–H and O–H groups in total. The summed E-state index contributed by atoms with van der Waals surface area (Å²) in [7, 11) is -3.62. The van der Waals surface area contributed by atoms with Gasteiger partial charge in [-0.15, -0.1) is 11.3 Å². The van der Waals surface area contributed by atoms with Gasteiger partial charge in [-0.2, -0.15) is 4.31 Å². The summed E-state index contributed by atoms with van der Waals surface area (Å²) in [5.41, 5.74) is 3.47. The number of thiophene rings is 1. The van der Waals surface area contributed by atoms with Crippen molar-refractivity contribution in [2.24, 2.45) is 0 Å². The van der Waals surface area contributed by atoms with Gasteiger partial charge in [0.1, 0.15) is 10.3 Å². The quantitative estimate of drug-likeness (QED) is 0.560. The SMILES string of the molecule is Cc1ccc(C)c2sc(N3CCN(C(=O)[C@@H]4CCCN4S(=O)(=O)c4cccs4)CC3)nc12. The molecule has 7 nitrogen and oxygen atoms in total. The first-order valence-electron chi connectivity index (χ1n) is 10.8. The first-order valence-corrected chi connectivity index (χ1v) is 14.0. The van der Waals surface area contributed by atoms with Crippen molar-refractivity contribution in [2.75, 3.05) is 37.6 Å². The van der Waals surface area contributed by atoms with Crippen LogP contribution in [0.5, 0.6) is 0 Å². The minimum Gasteiger partial charge on any atom is -0.345 e. The third-order valence-corrected chi connectivity index (χ3v) is 10.9. The number of hydrogen-bond donors (Lipinski definition) is 0. The maximum atomic E-state index is 13.3. The highest BCUT2D eigenvalue weighted by molar-refractivity contribution is 7.91. The highest BCUT2D eigenvalue weighted by Crippen LogP contribution is 2.34. The molecule has 2 aliphatic heterocycles. The van der Waals surface area contributed by atoms with Crippen LogP contribution in [0.2, 0.25) is 0 Å². The van der Waals surface area contributed by atoms with Crippen molar-refractivity contribution in [2.45, 2.75) is 36.9 Å². The van der Waals surface area contributed by atoms with Crippen LogP contribution in [0.1, 0.15) is 24.0 Å². The van der Waals surface area contributed by atoms with E-state index in [0.717, 1.165) is 10.6 Å². The van der Waals surface area contributed by atoms with Crippen LogP contribution < -0.4 is 4.90 Å². The molecule has 2 aromatic heterocycles. The number of thiazole rings is 1. The molecule has 5 rings (SSSR count). The van der Waals surface area contributed by atoms with Crippen LogP contribution in [0.3, 0.4) is 0 Å². The number of benzene rings is 1. The predicted molar refractivity (Wildman–Crippen MR) is 129 cm³/mol. The van der Waals surface area contributed by atoms with E-state index >= 15 is 0 Å². The number of fused-ring (bicyclic) bond motifs is 1. The molecule has 0 saturated carbocycles. The highest BCUT2D eigenvalue weighted by Gasteiger charge is 2.42. The van der Waals surface area contributed by atoms with Gasteiger partial charge >= 0.3 is 0 Å². The van der Waals surface area contributed by atoms with Gasteiger partial charge in [-0.25, -0.2) is 13.4 Å². The van der Waals surface area contributed by atoms with Crippen molar-refractivity contribution >= 4 is 54.0 Å². The number of carbonyl (C=O) groups is 1. The molecule has 1 amide bonds. The lowest BCUT2D eigenvalue weighted by atomic mass is 10.1. The summed E-state index contributed by atoms with van der Waals surface area (Å²) in [6.07, 6.45) is 1.30. The Morgan fingerprint density at radius 3 is 2.50 bits per heavy atom. The summed E-state index contributed by atoms with van der Waals surface area (Å²) in [4.78, 5) is 22.2. The second kappa shape index (κ2) is 8.40. The molecule has 0 spiro atoms. The van der Waals surface area contributed by atoms with Gasteiger partial charge in [0.15, 0.2) is 5.13 Å². The number of hydrogen-bond acceptors (Lipinski definition) is 7. The number of aryl methyl sites for hydroxylation is 2. The first-order chi connectivity index (χ1) is 15.4. The topological polar surface area (TPSA) is 73.8 Å². The monoisotopic (exact) mass is 490 g/mol. The molecule has 170 valence electrons. The fraction of sp³-hybridized carbons (Fsp3) is 0.455. The molecular formula is C22H26N4O3S3. The molecule has 1 aromatic carbocycles. The summed E-state index contributed by atoms with van der Waals surface area (Å²) in [6, 6.07) is 6.99. The largest absolute Gasteiger partial charge is 0.345 e. The molecule has 0 bridgehead atoms. The van der Waals surface area contributed by atoms with Crippen LogP contribution >= 0.6 is 22.7 Å². The van der Waals surface area contributed by atoms with E-state index in [0.29, 0.717) is 49.8 Å². The maximum absolute atomic E-state index is 13.3. The van der Waals surface area contributed by atoms with Crippen molar-refractivity contribution in [3.8, 4) is 0 Å². The maximum Gasteiger partial charge on any atom is 0.253 e. The fourth-order valence-corrected chi connectivity index (χ4v) is 8.45. The normalized spacial score (nSPS) is 20.4. The lowest BCUT2D eigenvalue weighted by Gasteiger charge is -2.37. The molecule has 3 aromatic rings. The highest BCUT2D eigenvalue weighted by atomic mass is 32.2. The predicted octanol–water partition coefficient (Wildman–Crippen LogP) is 3.48. The number of carbonyl (C=O) groups excluding carboxylic acids is 1. The number of piperazine rings is 1. The standard InChI is InChI=1S/C22H26N4O3S3/c1-15-7-8-16(2)20-19(15)23-22(31-20)25-12-10-24(11-13-25)21(27)17-5-3-9-26(17)32(28,29)18-6-4-14-30-18/h4,6-8,14,17H,3,5,9-13H2,1-2H3/t17-/m0/s1. The van der Waals surface area contributed by atoms with Crippen LogP contribution in [-0.4, -0.2) is 67.3 Å². The molecule has 4 heterocycles. The van der Waals surface area contributed by atoms with Gasteiger partial charge in [0.05, 0.1) is 10.2 Å². The summed E-state index contributed by atoms with van der Waals surface area (Å²) < 4.78 is 29.0. The van der Waals surface area contributed by atoms with Crippen molar-refractivity contribution in [1.29, 1.82) is 0 Å². The van der Waals surface area contributed by atoms with Gasteiger partial charge < -0.3 is 9.80 Å². The minimum atomic E-state index is -3.62. The Hall–Kier alpha value is -2.01. The smallest absolute Gasteiger partial charge is 0.253 e. The van der Waals surface area contributed by atoms with Crippen LogP contribution in [0.15, 0.2) is 33.9 Å². The zero-order valence-corrected chi connectivity index (χ0v) is 20.6. The summed E-state index contributed by atoms with van der Waals surface area (Å²) >= 11 is 2.91. The second-order valence-corrected chi connectivity index (χ2v) is 12.4. The summed E-state index contributed by atoms with van der Waals surface area (Å²) in [5, 5.41) is 2.75. The number of rotatable bonds is 4. The average Bonchev–Trinajstić information content (AvgIpc) is 3.56. The molecule has 0 aliphatic carbocycles. The number of sulfonamides is 1. The zero-order valence-electron chi connectivity index (χ0n) is 18.2. The van der Waals surface area contributed by atoms with E-state index in [1.807, 2.05) is 4.90 Å². The lowest BCUT2D eigenvalue weighted by Crippen LogP contribution is -2.54. The van der Waals surface area contributed by atoms with Crippen molar-refractivity contribution in [3.63, 3.8) is 0 Å². The van der Waals surface area contributed by atoms with E-state index in [2.05, 4.69) is 30.9 Å². The van der Waals surface area contributed by atoms with Crippen LogP contribution in [0.4, 0.5) is 5.13 Å². The van der Waals surface area contributed by atoms with E-state index < -0.39 is 16.1 Å². The van der Waals surface area contributed by atoms with Crippen LogP contribution in [0, 0.1) is 13.8 Å². The Morgan fingerprint density at radius 1 is 1.06 bits per heavy atom. The number of nitrogens with zero attached hydrogens (tertiary/aromatic N) is 4. The van der Waals surface area contributed by atoms with E-state index in [1.54, 1.807) is 28.8 Å². The van der Waals surface area contributed by atoms with E-state index in [1.165, 1.54) is 31.5 Å². The number of amides is 1. The average molecular weight is 491 g/mol. The Kier molecular flexibility index (Phi) is 5.73. The molecule has 2 saturated heterocycles. The van der Waals surface area contributed by atoms with Crippen molar-refractivity contribution in [3.05, 3.63) is 40.8 Å². The van der Waals surface area contributed by atoms with Gasteiger partial charge in [0.25, 0.3) is 10.0 Å². The van der Waals surface area contributed by atoms with Gasteiger partial charge in [0, 0.05) is 32.7 Å². The molecule has 2 aliphatic rings. The van der Waals surface area contributed by atoms with Crippen LogP contribution in [0.25, 0.3) is 10.2 Å². The molecule has 0 unspecified atom stereocenters.